The lowest BCUT2D eigenvalue weighted by atomic mass is 10.1. The maximum absolute atomic E-state index is 12.4. The molecule has 0 spiro atoms. The summed E-state index contributed by atoms with van der Waals surface area (Å²) < 4.78 is 2.94. The van der Waals surface area contributed by atoms with Gasteiger partial charge in [0.2, 0.25) is 11.8 Å². The van der Waals surface area contributed by atoms with E-state index in [1.807, 2.05) is 60.7 Å². The Kier molecular flexibility index (Phi) is 4.42. The number of nitrogens with zero attached hydrogens (tertiary/aromatic N) is 2. The summed E-state index contributed by atoms with van der Waals surface area (Å²) in [5.41, 5.74) is 0.813. The van der Waals surface area contributed by atoms with Gasteiger partial charge in [-0.3, -0.25) is 9.59 Å². The summed E-state index contributed by atoms with van der Waals surface area (Å²) in [5.74, 6) is 0.0352. The monoisotopic (exact) mass is 391 g/mol. The Morgan fingerprint density at radius 2 is 2.08 bits per heavy atom. The van der Waals surface area contributed by atoms with E-state index < -0.39 is 0 Å². The van der Waals surface area contributed by atoms with E-state index in [9.17, 15) is 9.59 Å². The molecule has 0 radical (unpaired) electrons. The Bertz CT molecular complexity index is 791. The minimum absolute atomic E-state index is 0.0658. The molecule has 2 aromatic rings. The molecule has 0 saturated carbocycles. The van der Waals surface area contributed by atoms with Gasteiger partial charge in [-0.05, 0) is 45.0 Å². The number of amides is 2. The van der Waals surface area contributed by atoms with Crippen molar-refractivity contribution >= 4 is 38.6 Å². The van der Waals surface area contributed by atoms with Crippen LogP contribution in [0.2, 0.25) is 0 Å². The van der Waals surface area contributed by atoms with Crippen molar-refractivity contribution in [3.05, 3.63) is 34.9 Å². The molecule has 128 valence electrons. The molecule has 1 fully saturated rings. The molecule has 2 heterocycles. The zero-order valence-corrected chi connectivity index (χ0v) is 15.8. The Labute approximate surface area is 150 Å². The number of hydrogen-bond acceptors (Lipinski definition) is 2. The lowest BCUT2D eigenvalue weighted by Gasteiger charge is -2.32. The van der Waals surface area contributed by atoms with Gasteiger partial charge in [-0.25, -0.2) is 0 Å². The van der Waals surface area contributed by atoms with Crippen LogP contribution in [0.5, 0.6) is 0 Å². The smallest absolute Gasteiger partial charge is 0.240 e. The molecule has 1 atom stereocenters. The summed E-state index contributed by atoms with van der Waals surface area (Å²) in [6.45, 7) is 6.87. The molecule has 5 nitrogen and oxygen atoms in total. The van der Waals surface area contributed by atoms with E-state index >= 15 is 0 Å². The first-order valence-corrected chi connectivity index (χ1v) is 8.87. The van der Waals surface area contributed by atoms with Crippen LogP contribution in [0.3, 0.4) is 0 Å². The molecule has 3 rings (SSSR count). The Morgan fingerprint density at radius 3 is 2.75 bits per heavy atom. The van der Waals surface area contributed by atoms with Crippen LogP contribution < -0.4 is 5.32 Å². The van der Waals surface area contributed by atoms with Gasteiger partial charge in [0.25, 0.3) is 0 Å². The minimum atomic E-state index is -0.208. The third kappa shape index (κ3) is 3.48. The van der Waals surface area contributed by atoms with Gasteiger partial charge < -0.3 is 14.8 Å². The van der Waals surface area contributed by atoms with Crippen LogP contribution in [0, 0.1) is 0 Å². The zero-order chi connectivity index (χ0) is 17.5. The average Bonchev–Trinajstić information content (AvgIpc) is 3.02. The van der Waals surface area contributed by atoms with Gasteiger partial charge in [0.15, 0.2) is 0 Å². The van der Waals surface area contributed by atoms with Gasteiger partial charge in [0, 0.05) is 40.1 Å². The predicted octanol–water partition coefficient (Wildman–Crippen LogP) is 2.92. The highest BCUT2D eigenvalue weighted by molar-refractivity contribution is 9.10. The molecule has 1 aliphatic heterocycles. The fourth-order valence-corrected chi connectivity index (χ4v) is 3.57. The lowest BCUT2D eigenvalue weighted by molar-refractivity contribution is -0.131. The van der Waals surface area contributed by atoms with Crippen LogP contribution in [0.15, 0.2) is 34.9 Å². The molecule has 1 aliphatic rings. The first-order valence-electron chi connectivity index (χ1n) is 8.08. The van der Waals surface area contributed by atoms with Crippen molar-refractivity contribution < 1.29 is 9.59 Å². The summed E-state index contributed by atoms with van der Waals surface area (Å²) in [4.78, 5) is 26.3. The number of benzene rings is 1. The predicted molar refractivity (Wildman–Crippen MR) is 97.7 cm³/mol. The molecule has 24 heavy (non-hydrogen) atoms. The third-order valence-electron chi connectivity index (χ3n) is 4.35. The molecule has 6 heteroatoms. The number of halogens is 1. The molecule has 1 aromatic heterocycles. The highest BCUT2D eigenvalue weighted by Crippen LogP contribution is 2.23. The maximum Gasteiger partial charge on any atom is 0.240 e. The van der Waals surface area contributed by atoms with E-state index in [1.54, 1.807) is 0 Å². The highest BCUT2D eigenvalue weighted by atomic mass is 79.9. The van der Waals surface area contributed by atoms with E-state index in [0.29, 0.717) is 13.0 Å². The molecule has 1 saturated heterocycles. The van der Waals surface area contributed by atoms with Crippen molar-refractivity contribution in [3.63, 3.8) is 0 Å². The van der Waals surface area contributed by atoms with Gasteiger partial charge in [0.05, 0.1) is 6.04 Å². The first kappa shape index (κ1) is 17.0. The molecular formula is C18H22BrN3O2. The summed E-state index contributed by atoms with van der Waals surface area (Å²) >= 11 is 3.45. The molecule has 1 aromatic carbocycles. The zero-order valence-electron chi connectivity index (χ0n) is 14.2. The highest BCUT2D eigenvalue weighted by Gasteiger charge is 2.36. The van der Waals surface area contributed by atoms with Crippen molar-refractivity contribution in [3.8, 4) is 0 Å². The summed E-state index contributed by atoms with van der Waals surface area (Å²) in [5, 5.41) is 4.08. The minimum Gasteiger partial charge on any atom is -0.350 e. The van der Waals surface area contributed by atoms with Crippen molar-refractivity contribution in [1.82, 2.24) is 14.8 Å². The number of nitrogens with one attached hydrogen (secondary N) is 1. The average molecular weight is 392 g/mol. The third-order valence-corrected chi connectivity index (χ3v) is 4.84. The summed E-state index contributed by atoms with van der Waals surface area (Å²) in [6.07, 6.45) is 2.29. The van der Waals surface area contributed by atoms with Crippen LogP contribution in [0.4, 0.5) is 0 Å². The van der Waals surface area contributed by atoms with Crippen LogP contribution in [-0.4, -0.2) is 39.4 Å². The number of carbonyl (C=O) groups is 2. The second-order valence-electron chi connectivity index (χ2n) is 7.29. The van der Waals surface area contributed by atoms with Crippen LogP contribution in [-0.2, 0) is 16.1 Å². The van der Waals surface area contributed by atoms with Crippen LogP contribution in [0.25, 0.3) is 10.9 Å². The van der Waals surface area contributed by atoms with E-state index in [1.165, 1.54) is 0 Å². The first-order chi connectivity index (χ1) is 11.2. The maximum atomic E-state index is 12.4. The van der Waals surface area contributed by atoms with Crippen LogP contribution in [0.1, 0.15) is 27.2 Å². The fourth-order valence-electron chi connectivity index (χ4n) is 3.19. The molecular weight excluding hydrogens is 370 g/mol. The van der Waals surface area contributed by atoms with E-state index in [0.717, 1.165) is 15.4 Å². The quantitative estimate of drug-likeness (QED) is 0.874. The van der Waals surface area contributed by atoms with Crippen molar-refractivity contribution in [2.45, 2.75) is 45.3 Å². The second kappa shape index (κ2) is 6.24. The van der Waals surface area contributed by atoms with Gasteiger partial charge in [-0.15, -0.1) is 0 Å². The summed E-state index contributed by atoms with van der Waals surface area (Å²) in [6, 6.07) is 7.87. The fraction of sp³-hybridized carbons (Fsp3) is 0.444. The Balaban J connectivity index is 1.65. The van der Waals surface area contributed by atoms with Gasteiger partial charge in [-0.1, -0.05) is 15.9 Å². The number of rotatable bonds is 3. The Morgan fingerprint density at radius 1 is 1.33 bits per heavy atom. The topological polar surface area (TPSA) is 54.3 Å². The standard InChI is InChI=1S/C18H22BrN3O2/c1-18(2,3)22-10-14(9-17(22)24)20-16(23)11-21-7-6-12-8-13(19)4-5-15(12)21/h4-8,14H,9-11H2,1-3H3,(H,20,23). The lowest BCUT2D eigenvalue weighted by Crippen LogP contribution is -2.45. The van der Waals surface area contributed by atoms with E-state index in [-0.39, 0.29) is 29.9 Å². The van der Waals surface area contributed by atoms with Gasteiger partial charge in [-0.2, -0.15) is 0 Å². The van der Waals surface area contributed by atoms with Gasteiger partial charge >= 0.3 is 0 Å². The van der Waals surface area contributed by atoms with Crippen LogP contribution >= 0.6 is 15.9 Å². The molecule has 0 aliphatic carbocycles. The number of aromatic nitrogens is 1. The normalized spacial score (nSPS) is 18.4. The molecule has 2 amide bonds. The number of fused-ring (bicyclic) bond motifs is 1. The molecule has 1 unspecified atom stereocenters. The molecule has 0 bridgehead atoms. The SMILES string of the molecule is CC(C)(C)N1CC(NC(=O)Cn2ccc3cc(Br)ccc32)CC1=O. The number of likely N-dealkylation sites (tertiary alicyclic amines) is 1. The number of hydrogen-bond donors (Lipinski definition) is 1. The van der Waals surface area contributed by atoms with Crippen molar-refractivity contribution in [1.29, 1.82) is 0 Å². The second-order valence-corrected chi connectivity index (χ2v) is 8.21. The summed E-state index contributed by atoms with van der Waals surface area (Å²) in [7, 11) is 0. The van der Waals surface area contributed by atoms with E-state index in [4.69, 9.17) is 0 Å². The number of carbonyl (C=O) groups excluding carboxylic acids is 2. The molecule has 1 N–H and O–H groups in total. The van der Waals surface area contributed by atoms with E-state index in [2.05, 4.69) is 21.2 Å². The Hall–Kier alpha value is -1.82. The van der Waals surface area contributed by atoms with Crippen molar-refractivity contribution in [2.24, 2.45) is 0 Å². The van der Waals surface area contributed by atoms with Crippen molar-refractivity contribution in [2.75, 3.05) is 6.54 Å². The van der Waals surface area contributed by atoms with Gasteiger partial charge in [0.1, 0.15) is 6.54 Å². The largest absolute Gasteiger partial charge is 0.350 e.